The van der Waals surface area contributed by atoms with Gasteiger partial charge in [-0.25, -0.2) is 0 Å². The number of benzene rings is 2. The Morgan fingerprint density at radius 1 is 1.10 bits per heavy atom. The van der Waals surface area contributed by atoms with Crippen LogP contribution in [0.15, 0.2) is 60.9 Å². The fourth-order valence-corrected chi connectivity index (χ4v) is 3.87. The minimum atomic E-state index is -0.451. The Bertz CT molecular complexity index is 1080. The molecular formula is C22H20Cl2N4O2. The van der Waals surface area contributed by atoms with E-state index in [0.717, 1.165) is 12.0 Å². The van der Waals surface area contributed by atoms with Crippen LogP contribution in [0, 0.1) is 5.92 Å². The highest BCUT2D eigenvalue weighted by Gasteiger charge is 2.45. The van der Waals surface area contributed by atoms with Crippen molar-refractivity contribution < 1.29 is 9.59 Å². The first kappa shape index (κ1) is 20.4. The van der Waals surface area contributed by atoms with E-state index in [-0.39, 0.29) is 23.7 Å². The highest BCUT2D eigenvalue weighted by molar-refractivity contribution is 6.42. The van der Waals surface area contributed by atoms with Crippen LogP contribution in [0.1, 0.15) is 30.9 Å². The zero-order valence-corrected chi connectivity index (χ0v) is 17.7. The molecule has 154 valence electrons. The monoisotopic (exact) mass is 442 g/mol. The number of rotatable bonds is 6. The van der Waals surface area contributed by atoms with E-state index >= 15 is 0 Å². The number of hydrogen-bond donors (Lipinski definition) is 2. The van der Waals surface area contributed by atoms with Crippen molar-refractivity contribution in [3.05, 3.63) is 76.5 Å². The molecule has 0 radical (unpaired) electrons. The SMILES string of the molecule is CC(C(=O)Nc1cccc(NC(=O)C2CC2c2cccc(Cl)c2Cl)c1)n1cccn1. The highest BCUT2D eigenvalue weighted by atomic mass is 35.5. The summed E-state index contributed by atoms with van der Waals surface area (Å²) in [6, 6.07) is 13.9. The molecule has 6 nitrogen and oxygen atoms in total. The normalized spacial score (nSPS) is 18.5. The van der Waals surface area contributed by atoms with E-state index in [4.69, 9.17) is 23.2 Å². The van der Waals surface area contributed by atoms with Gasteiger partial charge in [-0.2, -0.15) is 5.10 Å². The summed E-state index contributed by atoms with van der Waals surface area (Å²) in [5.41, 5.74) is 2.12. The third-order valence-electron chi connectivity index (χ3n) is 5.21. The van der Waals surface area contributed by atoms with Gasteiger partial charge in [0.15, 0.2) is 0 Å². The topological polar surface area (TPSA) is 76.0 Å². The molecule has 0 spiro atoms. The van der Waals surface area contributed by atoms with Crippen molar-refractivity contribution >= 4 is 46.4 Å². The van der Waals surface area contributed by atoms with E-state index in [1.54, 1.807) is 60.4 Å². The van der Waals surface area contributed by atoms with E-state index in [2.05, 4.69) is 15.7 Å². The summed E-state index contributed by atoms with van der Waals surface area (Å²) in [6.45, 7) is 1.77. The van der Waals surface area contributed by atoms with Gasteiger partial charge in [-0.05, 0) is 55.2 Å². The number of hydrogen-bond acceptors (Lipinski definition) is 3. The van der Waals surface area contributed by atoms with Crippen molar-refractivity contribution in [2.24, 2.45) is 5.92 Å². The third-order valence-corrected chi connectivity index (χ3v) is 6.04. The van der Waals surface area contributed by atoms with Gasteiger partial charge >= 0.3 is 0 Å². The number of anilines is 2. The average molecular weight is 443 g/mol. The second-order valence-electron chi connectivity index (χ2n) is 7.31. The lowest BCUT2D eigenvalue weighted by Gasteiger charge is -2.13. The summed E-state index contributed by atoms with van der Waals surface area (Å²) < 4.78 is 1.58. The lowest BCUT2D eigenvalue weighted by Crippen LogP contribution is -2.24. The minimum absolute atomic E-state index is 0.0639. The Morgan fingerprint density at radius 2 is 1.83 bits per heavy atom. The minimum Gasteiger partial charge on any atom is -0.326 e. The number of nitrogens with zero attached hydrogens (tertiary/aromatic N) is 2. The Morgan fingerprint density at radius 3 is 2.57 bits per heavy atom. The maximum Gasteiger partial charge on any atom is 0.248 e. The number of carbonyl (C=O) groups is 2. The molecule has 30 heavy (non-hydrogen) atoms. The molecule has 3 atom stereocenters. The third kappa shape index (κ3) is 4.35. The second kappa shape index (κ2) is 8.50. The predicted octanol–water partition coefficient (Wildman–Crippen LogP) is 5.13. The quantitative estimate of drug-likeness (QED) is 0.555. The maximum absolute atomic E-state index is 12.7. The maximum atomic E-state index is 12.7. The molecule has 1 heterocycles. The van der Waals surface area contributed by atoms with Crippen LogP contribution in [0.25, 0.3) is 0 Å². The molecule has 2 amide bonds. The van der Waals surface area contributed by atoms with Gasteiger partial charge in [0.1, 0.15) is 6.04 Å². The van der Waals surface area contributed by atoms with Crippen LogP contribution in [0.3, 0.4) is 0 Å². The molecule has 1 saturated carbocycles. The Hall–Kier alpha value is -2.83. The Balaban J connectivity index is 1.38. The molecule has 0 aliphatic heterocycles. The van der Waals surface area contributed by atoms with Crippen molar-refractivity contribution in [3.8, 4) is 0 Å². The van der Waals surface area contributed by atoms with E-state index in [1.807, 2.05) is 12.1 Å². The van der Waals surface area contributed by atoms with Crippen LogP contribution < -0.4 is 10.6 Å². The van der Waals surface area contributed by atoms with Gasteiger partial charge in [-0.3, -0.25) is 14.3 Å². The zero-order valence-electron chi connectivity index (χ0n) is 16.2. The molecule has 1 aliphatic rings. The standard InChI is InChI=1S/C22H20Cl2N4O2/c1-13(28-10-4-9-25-28)21(29)26-14-5-2-6-15(11-14)27-22(30)18-12-17(18)16-7-3-8-19(23)20(16)24/h2-11,13,17-18H,12H2,1H3,(H,26,29)(H,27,30). The van der Waals surface area contributed by atoms with Crippen LogP contribution in [-0.4, -0.2) is 21.6 Å². The summed E-state index contributed by atoms with van der Waals surface area (Å²) in [7, 11) is 0. The molecule has 4 rings (SSSR count). The molecule has 0 saturated heterocycles. The number of halogens is 2. The van der Waals surface area contributed by atoms with Crippen molar-refractivity contribution in [1.82, 2.24) is 9.78 Å². The van der Waals surface area contributed by atoms with Gasteiger partial charge in [0.2, 0.25) is 11.8 Å². The van der Waals surface area contributed by atoms with Crippen LogP contribution in [0.4, 0.5) is 11.4 Å². The van der Waals surface area contributed by atoms with Crippen LogP contribution in [0.2, 0.25) is 10.0 Å². The molecule has 8 heteroatoms. The Kier molecular flexibility index (Phi) is 5.79. The first-order chi connectivity index (χ1) is 14.4. The first-order valence-corrected chi connectivity index (χ1v) is 10.3. The fraction of sp³-hybridized carbons (Fsp3) is 0.227. The van der Waals surface area contributed by atoms with Crippen molar-refractivity contribution in [3.63, 3.8) is 0 Å². The zero-order chi connectivity index (χ0) is 21.3. The lowest BCUT2D eigenvalue weighted by molar-refractivity contribution is -0.119. The number of amides is 2. The van der Waals surface area contributed by atoms with E-state index in [1.165, 1.54) is 0 Å². The van der Waals surface area contributed by atoms with Gasteiger partial charge < -0.3 is 10.6 Å². The summed E-state index contributed by atoms with van der Waals surface area (Å²) in [5, 5.41) is 10.9. The number of carbonyl (C=O) groups excluding carboxylic acids is 2. The fourth-order valence-electron chi connectivity index (χ4n) is 3.42. The summed E-state index contributed by atoms with van der Waals surface area (Å²) in [5.74, 6) is -0.363. The molecule has 2 N–H and O–H groups in total. The molecule has 0 bridgehead atoms. The summed E-state index contributed by atoms with van der Waals surface area (Å²) in [6.07, 6.45) is 4.09. The predicted molar refractivity (Wildman–Crippen MR) is 118 cm³/mol. The van der Waals surface area contributed by atoms with Crippen molar-refractivity contribution in [1.29, 1.82) is 0 Å². The smallest absolute Gasteiger partial charge is 0.248 e. The first-order valence-electron chi connectivity index (χ1n) is 9.59. The van der Waals surface area contributed by atoms with Gasteiger partial charge in [-0.1, -0.05) is 41.4 Å². The van der Waals surface area contributed by atoms with Gasteiger partial charge in [0.05, 0.1) is 10.0 Å². The molecular weight excluding hydrogens is 423 g/mol. The Labute approximate surface area is 184 Å². The molecule has 1 fully saturated rings. The van der Waals surface area contributed by atoms with Crippen LogP contribution in [-0.2, 0) is 9.59 Å². The largest absolute Gasteiger partial charge is 0.326 e. The highest BCUT2D eigenvalue weighted by Crippen LogP contribution is 2.51. The second-order valence-corrected chi connectivity index (χ2v) is 8.10. The number of nitrogens with one attached hydrogen (secondary N) is 2. The van der Waals surface area contributed by atoms with Gasteiger partial charge in [0, 0.05) is 29.7 Å². The number of aromatic nitrogens is 2. The molecule has 1 aromatic heterocycles. The molecule has 2 aromatic carbocycles. The van der Waals surface area contributed by atoms with Crippen LogP contribution in [0.5, 0.6) is 0 Å². The molecule has 3 aromatic rings. The summed E-state index contributed by atoms with van der Waals surface area (Å²) in [4.78, 5) is 25.1. The lowest BCUT2D eigenvalue weighted by atomic mass is 10.1. The van der Waals surface area contributed by atoms with Gasteiger partial charge in [0.25, 0.3) is 0 Å². The van der Waals surface area contributed by atoms with E-state index in [0.29, 0.717) is 21.4 Å². The summed E-state index contributed by atoms with van der Waals surface area (Å²) >= 11 is 12.4. The molecule has 3 unspecified atom stereocenters. The average Bonchev–Trinajstić information content (AvgIpc) is 3.33. The van der Waals surface area contributed by atoms with Crippen LogP contribution >= 0.6 is 23.2 Å². The van der Waals surface area contributed by atoms with Crippen molar-refractivity contribution in [2.45, 2.75) is 25.3 Å². The van der Waals surface area contributed by atoms with E-state index in [9.17, 15) is 9.59 Å². The van der Waals surface area contributed by atoms with Gasteiger partial charge in [-0.15, -0.1) is 0 Å². The van der Waals surface area contributed by atoms with Crippen molar-refractivity contribution in [2.75, 3.05) is 10.6 Å². The molecule has 1 aliphatic carbocycles. The van der Waals surface area contributed by atoms with E-state index < -0.39 is 6.04 Å².